The number of esters is 1. The molecule has 0 saturated carbocycles. The average molecular weight is 186 g/mol. The van der Waals surface area contributed by atoms with Crippen LogP contribution in [-0.2, 0) is 14.3 Å². The van der Waals surface area contributed by atoms with Gasteiger partial charge in [-0.15, -0.1) is 0 Å². The van der Waals surface area contributed by atoms with E-state index in [0.717, 1.165) is 0 Å². The van der Waals surface area contributed by atoms with E-state index in [0.29, 0.717) is 5.84 Å². The fourth-order valence-electron chi connectivity index (χ4n) is 0.485. The van der Waals surface area contributed by atoms with Crippen LogP contribution in [0.5, 0.6) is 0 Å². The first-order chi connectivity index (χ1) is 5.99. The molecule has 0 aliphatic carbocycles. The lowest BCUT2D eigenvalue weighted by Gasteiger charge is -2.09. The van der Waals surface area contributed by atoms with Gasteiger partial charge >= 0.3 is 11.9 Å². The van der Waals surface area contributed by atoms with Crippen LogP contribution in [0.15, 0.2) is 4.99 Å². The van der Waals surface area contributed by atoms with Crippen molar-refractivity contribution >= 4 is 17.7 Å². The minimum absolute atomic E-state index is 0.182. The lowest BCUT2D eigenvalue weighted by Crippen LogP contribution is -2.23. The summed E-state index contributed by atoms with van der Waals surface area (Å²) in [6.07, 6.45) is 0. The minimum Gasteiger partial charge on any atom is -0.459 e. The lowest BCUT2D eigenvalue weighted by molar-refractivity contribution is -0.152. The zero-order valence-electron chi connectivity index (χ0n) is 8.33. The van der Waals surface area contributed by atoms with Crippen molar-refractivity contribution in [1.82, 2.24) is 4.90 Å². The quantitative estimate of drug-likeness (QED) is 0.251. The minimum atomic E-state index is -0.913. The number of hydrogen-bond donors (Lipinski definition) is 0. The van der Waals surface area contributed by atoms with Crippen molar-refractivity contribution in [3.63, 3.8) is 0 Å². The molecule has 0 saturated heterocycles. The molecule has 0 aromatic heterocycles. The average Bonchev–Trinajstić information content (AvgIpc) is 2.04. The van der Waals surface area contributed by atoms with Gasteiger partial charge in [0.05, 0.1) is 6.61 Å². The fraction of sp³-hybridized carbons (Fsp3) is 0.625. The molecule has 0 aromatic rings. The van der Waals surface area contributed by atoms with Crippen LogP contribution in [0.4, 0.5) is 0 Å². The second kappa shape index (κ2) is 5.29. The third-order valence-corrected chi connectivity index (χ3v) is 1.36. The van der Waals surface area contributed by atoms with Gasteiger partial charge in [0.1, 0.15) is 5.84 Å². The number of aliphatic imine (C=N–C) groups is 1. The zero-order chi connectivity index (χ0) is 10.4. The maximum Gasteiger partial charge on any atom is 0.399 e. The number of nitrogens with zero attached hydrogens (tertiary/aromatic N) is 2. The van der Waals surface area contributed by atoms with Gasteiger partial charge in [-0.05, 0) is 13.8 Å². The molecule has 0 aliphatic rings. The maximum absolute atomic E-state index is 11.0. The molecule has 0 spiro atoms. The van der Waals surface area contributed by atoms with E-state index >= 15 is 0 Å². The van der Waals surface area contributed by atoms with Gasteiger partial charge in [-0.2, -0.15) is 4.99 Å². The third-order valence-electron chi connectivity index (χ3n) is 1.36. The van der Waals surface area contributed by atoms with Crippen molar-refractivity contribution in [3.05, 3.63) is 0 Å². The Morgan fingerprint density at radius 2 is 1.92 bits per heavy atom. The first-order valence-electron chi connectivity index (χ1n) is 3.92. The number of rotatable bonds is 1. The molecule has 0 rings (SSSR count). The van der Waals surface area contributed by atoms with E-state index in [4.69, 9.17) is 0 Å². The van der Waals surface area contributed by atoms with E-state index in [-0.39, 0.29) is 6.61 Å². The van der Waals surface area contributed by atoms with Gasteiger partial charge in [0.2, 0.25) is 0 Å². The van der Waals surface area contributed by atoms with Gasteiger partial charge in [0.25, 0.3) is 0 Å². The molecule has 5 nitrogen and oxygen atoms in total. The summed E-state index contributed by atoms with van der Waals surface area (Å²) in [6.45, 7) is 3.45. The number of ether oxygens (including phenoxy) is 1. The molecule has 0 radical (unpaired) electrons. The van der Waals surface area contributed by atoms with Crippen LogP contribution in [0.3, 0.4) is 0 Å². The van der Waals surface area contributed by atoms with Crippen LogP contribution < -0.4 is 0 Å². The Morgan fingerprint density at radius 1 is 1.38 bits per heavy atom. The Morgan fingerprint density at radius 3 is 2.31 bits per heavy atom. The first kappa shape index (κ1) is 11.6. The Bertz CT molecular complexity index is 234. The van der Waals surface area contributed by atoms with Crippen LogP contribution in [0.2, 0.25) is 0 Å². The largest absolute Gasteiger partial charge is 0.459 e. The number of hydrogen-bond acceptors (Lipinski definition) is 3. The second-order valence-corrected chi connectivity index (χ2v) is 2.58. The van der Waals surface area contributed by atoms with E-state index < -0.39 is 11.9 Å². The van der Waals surface area contributed by atoms with Crippen molar-refractivity contribution in [2.24, 2.45) is 4.99 Å². The summed E-state index contributed by atoms with van der Waals surface area (Å²) in [5, 5.41) is 0. The van der Waals surface area contributed by atoms with Crippen molar-refractivity contribution in [1.29, 1.82) is 0 Å². The van der Waals surface area contributed by atoms with Crippen molar-refractivity contribution < 1.29 is 14.3 Å². The van der Waals surface area contributed by atoms with Gasteiger partial charge < -0.3 is 9.64 Å². The lowest BCUT2D eigenvalue weighted by atomic mass is 10.5. The Labute approximate surface area is 77.4 Å². The Balaban J connectivity index is 4.29. The van der Waals surface area contributed by atoms with Crippen molar-refractivity contribution in [2.45, 2.75) is 13.8 Å². The van der Waals surface area contributed by atoms with Gasteiger partial charge in [-0.1, -0.05) is 0 Å². The molecule has 0 bridgehead atoms. The molecule has 74 valence electrons. The molecule has 0 unspecified atom stereocenters. The molecule has 0 N–H and O–H groups in total. The molecule has 0 atom stereocenters. The van der Waals surface area contributed by atoms with Gasteiger partial charge in [0.15, 0.2) is 0 Å². The highest BCUT2D eigenvalue weighted by atomic mass is 16.5. The third kappa shape index (κ3) is 4.25. The normalized spacial score (nSPS) is 10.9. The fourth-order valence-corrected chi connectivity index (χ4v) is 0.485. The highest BCUT2D eigenvalue weighted by Crippen LogP contribution is 1.87. The van der Waals surface area contributed by atoms with Gasteiger partial charge in [-0.3, -0.25) is 4.79 Å². The molecule has 0 fully saturated rings. The van der Waals surface area contributed by atoms with E-state index in [2.05, 4.69) is 9.73 Å². The van der Waals surface area contributed by atoms with Crippen molar-refractivity contribution in [2.75, 3.05) is 20.7 Å². The summed E-state index contributed by atoms with van der Waals surface area (Å²) in [5.74, 6) is -1.31. The number of amidine groups is 1. The smallest absolute Gasteiger partial charge is 0.399 e. The molecule has 1 amide bonds. The molecule has 0 aromatic carbocycles. The highest BCUT2D eigenvalue weighted by Gasteiger charge is 2.13. The highest BCUT2D eigenvalue weighted by molar-refractivity contribution is 6.34. The topological polar surface area (TPSA) is 59.0 Å². The molecule has 0 aliphatic heterocycles. The predicted octanol–water partition coefficient (Wildman–Crippen LogP) is 0.0561. The summed E-state index contributed by atoms with van der Waals surface area (Å²) in [5.41, 5.74) is 0. The monoisotopic (exact) mass is 186 g/mol. The SMILES string of the molecule is CCOC(=O)C(=O)/N=C(\C)N(C)C. The predicted molar refractivity (Wildman–Crippen MR) is 48.4 cm³/mol. The molecule has 0 heterocycles. The number of carbonyl (C=O) groups excluding carboxylic acids is 2. The van der Waals surface area contributed by atoms with Crippen LogP contribution in [0.25, 0.3) is 0 Å². The van der Waals surface area contributed by atoms with E-state index in [1.807, 2.05) is 0 Å². The molecular weight excluding hydrogens is 172 g/mol. The van der Waals surface area contributed by atoms with Gasteiger partial charge in [-0.25, -0.2) is 4.79 Å². The molecule has 5 heteroatoms. The van der Waals surface area contributed by atoms with E-state index in [1.54, 1.807) is 32.8 Å². The van der Waals surface area contributed by atoms with Crippen LogP contribution in [0, 0.1) is 0 Å². The maximum atomic E-state index is 11.0. The Hall–Kier alpha value is -1.39. The van der Waals surface area contributed by atoms with Gasteiger partial charge in [0, 0.05) is 14.1 Å². The second-order valence-electron chi connectivity index (χ2n) is 2.58. The summed E-state index contributed by atoms with van der Waals surface area (Å²) >= 11 is 0. The molecule has 13 heavy (non-hydrogen) atoms. The number of amides is 1. The summed E-state index contributed by atoms with van der Waals surface area (Å²) in [7, 11) is 3.47. The first-order valence-corrected chi connectivity index (χ1v) is 3.92. The Kier molecular flexibility index (Phi) is 4.72. The standard InChI is InChI=1S/C8H14N2O3/c1-5-13-8(12)7(11)9-6(2)10(3)4/h5H2,1-4H3/b9-6+. The van der Waals surface area contributed by atoms with Crippen LogP contribution >= 0.6 is 0 Å². The van der Waals surface area contributed by atoms with E-state index in [1.165, 1.54) is 0 Å². The zero-order valence-corrected chi connectivity index (χ0v) is 8.33. The summed E-state index contributed by atoms with van der Waals surface area (Å²) in [4.78, 5) is 26.9. The summed E-state index contributed by atoms with van der Waals surface area (Å²) < 4.78 is 4.47. The van der Waals surface area contributed by atoms with Crippen LogP contribution in [0.1, 0.15) is 13.8 Å². The number of carbonyl (C=O) groups is 2. The molecular formula is C8H14N2O3. The van der Waals surface area contributed by atoms with Crippen LogP contribution in [-0.4, -0.2) is 43.3 Å². The van der Waals surface area contributed by atoms with E-state index in [9.17, 15) is 9.59 Å². The summed E-state index contributed by atoms with van der Waals surface area (Å²) in [6, 6.07) is 0. The van der Waals surface area contributed by atoms with Crippen molar-refractivity contribution in [3.8, 4) is 0 Å².